The molecule has 1 rings (SSSR count). The van der Waals surface area contributed by atoms with Crippen molar-refractivity contribution < 1.29 is 4.79 Å². The van der Waals surface area contributed by atoms with Crippen molar-refractivity contribution in [2.75, 3.05) is 7.05 Å². The Labute approximate surface area is 98.3 Å². The van der Waals surface area contributed by atoms with Gasteiger partial charge in [-0.2, -0.15) is 0 Å². The van der Waals surface area contributed by atoms with Crippen LogP contribution in [0, 0.1) is 19.8 Å². The summed E-state index contributed by atoms with van der Waals surface area (Å²) in [7, 11) is 1.86. The van der Waals surface area contributed by atoms with E-state index in [1.807, 2.05) is 20.9 Å². The molecule has 0 unspecified atom stereocenters. The molecule has 0 aliphatic carbocycles. The Kier molecular flexibility index (Phi) is 4.11. The van der Waals surface area contributed by atoms with Gasteiger partial charge in [0, 0.05) is 19.5 Å². The molecule has 0 fully saturated rings. The first-order valence-electron chi connectivity index (χ1n) is 5.73. The molecule has 0 saturated heterocycles. The number of carbonyl (C=O) groups excluding carboxylic acids is 1. The molecule has 88 valence electrons. The van der Waals surface area contributed by atoms with Crippen molar-refractivity contribution in [1.29, 1.82) is 0 Å². The molecule has 0 saturated carbocycles. The highest BCUT2D eigenvalue weighted by atomic mass is 16.2. The Morgan fingerprint density at radius 2 is 1.94 bits per heavy atom. The van der Waals surface area contributed by atoms with E-state index < -0.39 is 0 Å². The van der Waals surface area contributed by atoms with E-state index >= 15 is 0 Å². The molecule has 0 aromatic heterocycles. The molecule has 2 heteroatoms. The third-order valence-corrected chi connectivity index (χ3v) is 2.78. The number of hydrogen-bond acceptors (Lipinski definition) is 1. The van der Waals surface area contributed by atoms with Crippen molar-refractivity contribution in [3.05, 3.63) is 34.9 Å². The van der Waals surface area contributed by atoms with E-state index in [4.69, 9.17) is 0 Å². The molecule has 1 amide bonds. The monoisotopic (exact) mass is 219 g/mol. The Morgan fingerprint density at radius 1 is 1.31 bits per heavy atom. The second kappa shape index (κ2) is 5.15. The van der Waals surface area contributed by atoms with Gasteiger partial charge in [-0.05, 0) is 25.0 Å². The lowest BCUT2D eigenvalue weighted by Gasteiger charge is -2.20. The van der Waals surface area contributed by atoms with Crippen molar-refractivity contribution in [2.24, 2.45) is 5.92 Å². The zero-order chi connectivity index (χ0) is 12.3. The van der Waals surface area contributed by atoms with E-state index in [1.54, 1.807) is 4.90 Å². The largest absolute Gasteiger partial charge is 0.341 e. The second-order valence-corrected chi connectivity index (χ2v) is 4.78. The molecular weight excluding hydrogens is 198 g/mol. The molecule has 0 spiro atoms. The number of amides is 1. The molecule has 1 aromatic carbocycles. The number of nitrogens with zero attached hydrogens (tertiary/aromatic N) is 1. The Hall–Kier alpha value is -1.31. The van der Waals surface area contributed by atoms with Crippen molar-refractivity contribution in [3.8, 4) is 0 Å². The number of carbonyl (C=O) groups is 1. The summed E-state index contributed by atoms with van der Waals surface area (Å²) in [5.74, 6) is 0.260. The van der Waals surface area contributed by atoms with E-state index in [1.165, 1.54) is 16.7 Å². The van der Waals surface area contributed by atoms with Crippen LogP contribution in [0.4, 0.5) is 0 Å². The van der Waals surface area contributed by atoms with E-state index in [9.17, 15) is 4.79 Å². The first kappa shape index (κ1) is 12.8. The van der Waals surface area contributed by atoms with Crippen LogP contribution in [-0.4, -0.2) is 17.9 Å². The fourth-order valence-corrected chi connectivity index (χ4v) is 1.80. The van der Waals surface area contributed by atoms with E-state index in [2.05, 4.69) is 32.0 Å². The highest BCUT2D eigenvalue weighted by Crippen LogP contribution is 2.13. The van der Waals surface area contributed by atoms with Crippen LogP contribution in [0.2, 0.25) is 0 Å². The van der Waals surface area contributed by atoms with Gasteiger partial charge in [-0.25, -0.2) is 0 Å². The topological polar surface area (TPSA) is 20.3 Å². The van der Waals surface area contributed by atoms with Crippen LogP contribution in [0.25, 0.3) is 0 Å². The van der Waals surface area contributed by atoms with Crippen molar-refractivity contribution >= 4 is 5.91 Å². The quantitative estimate of drug-likeness (QED) is 0.765. The number of hydrogen-bond donors (Lipinski definition) is 0. The normalized spacial score (nSPS) is 10.6. The third kappa shape index (κ3) is 3.09. The van der Waals surface area contributed by atoms with Gasteiger partial charge in [-0.3, -0.25) is 4.79 Å². The van der Waals surface area contributed by atoms with Gasteiger partial charge in [0.2, 0.25) is 5.91 Å². The minimum Gasteiger partial charge on any atom is -0.341 e. The molecule has 1 aromatic rings. The van der Waals surface area contributed by atoms with Crippen molar-refractivity contribution in [1.82, 2.24) is 4.90 Å². The Morgan fingerprint density at radius 3 is 2.44 bits per heavy atom. The maximum atomic E-state index is 11.8. The maximum Gasteiger partial charge on any atom is 0.225 e. The minimum atomic E-state index is 0.0655. The fourth-order valence-electron chi connectivity index (χ4n) is 1.80. The first-order chi connectivity index (χ1) is 7.41. The van der Waals surface area contributed by atoms with Gasteiger partial charge in [0.05, 0.1) is 0 Å². The summed E-state index contributed by atoms with van der Waals surface area (Å²) in [6.45, 7) is 8.74. The van der Waals surface area contributed by atoms with Crippen LogP contribution in [-0.2, 0) is 11.3 Å². The van der Waals surface area contributed by atoms with Gasteiger partial charge in [0.25, 0.3) is 0 Å². The predicted octanol–water partition coefficient (Wildman–Crippen LogP) is 2.92. The van der Waals surface area contributed by atoms with Crippen LogP contribution < -0.4 is 0 Å². The summed E-state index contributed by atoms with van der Waals surface area (Å²) >= 11 is 0. The number of rotatable bonds is 3. The van der Waals surface area contributed by atoms with Gasteiger partial charge in [-0.1, -0.05) is 37.6 Å². The maximum absolute atomic E-state index is 11.8. The van der Waals surface area contributed by atoms with Crippen molar-refractivity contribution in [3.63, 3.8) is 0 Å². The van der Waals surface area contributed by atoms with E-state index in [0.29, 0.717) is 6.54 Å². The Bertz CT molecular complexity index is 382. The average Bonchev–Trinajstić information content (AvgIpc) is 2.20. The highest BCUT2D eigenvalue weighted by Gasteiger charge is 2.13. The molecule has 16 heavy (non-hydrogen) atoms. The molecule has 0 N–H and O–H groups in total. The van der Waals surface area contributed by atoms with Gasteiger partial charge in [0.1, 0.15) is 0 Å². The zero-order valence-corrected chi connectivity index (χ0v) is 10.9. The van der Waals surface area contributed by atoms with Gasteiger partial charge in [0.15, 0.2) is 0 Å². The SMILES string of the molecule is Cc1ccc(CN(C)C(=O)C(C)C)c(C)c1. The molecule has 0 heterocycles. The number of aryl methyl sites for hydroxylation is 2. The molecule has 2 nitrogen and oxygen atoms in total. The molecular formula is C14H21NO. The molecule has 0 bridgehead atoms. The standard InChI is InChI=1S/C14H21NO/c1-10(2)14(16)15(5)9-13-7-6-11(3)8-12(13)4/h6-8,10H,9H2,1-5H3. The lowest BCUT2D eigenvalue weighted by molar-refractivity contribution is -0.133. The molecule has 0 aliphatic heterocycles. The molecule has 0 aliphatic rings. The summed E-state index contributed by atoms with van der Waals surface area (Å²) in [4.78, 5) is 13.5. The van der Waals surface area contributed by atoms with Crippen LogP contribution in [0.15, 0.2) is 18.2 Å². The first-order valence-corrected chi connectivity index (χ1v) is 5.73. The lowest BCUT2D eigenvalue weighted by atomic mass is 10.0. The predicted molar refractivity (Wildman–Crippen MR) is 67.2 cm³/mol. The summed E-state index contributed by atoms with van der Waals surface area (Å²) in [5, 5.41) is 0. The van der Waals surface area contributed by atoms with Crippen molar-refractivity contribution in [2.45, 2.75) is 34.2 Å². The summed E-state index contributed by atoms with van der Waals surface area (Å²) in [6.07, 6.45) is 0. The molecule has 0 radical (unpaired) electrons. The highest BCUT2D eigenvalue weighted by molar-refractivity contribution is 5.77. The second-order valence-electron chi connectivity index (χ2n) is 4.78. The molecule has 0 atom stereocenters. The Balaban J connectivity index is 2.77. The minimum absolute atomic E-state index is 0.0655. The van der Waals surface area contributed by atoms with E-state index in [0.717, 1.165) is 0 Å². The summed E-state index contributed by atoms with van der Waals surface area (Å²) < 4.78 is 0. The van der Waals surface area contributed by atoms with Crippen LogP contribution in [0.5, 0.6) is 0 Å². The fraction of sp³-hybridized carbons (Fsp3) is 0.500. The van der Waals surface area contributed by atoms with Gasteiger partial charge < -0.3 is 4.90 Å². The van der Waals surface area contributed by atoms with Crippen LogP contribution in [0.3, 0.4) is 0 Å². The van der Waals surface area contributed by atoms with Gasteiger partial charge in [-0.15, -0.1) is 0 Å². The zero-order valence-electron chi connectivity index (χ0n) is 10.9. The van der Waals surface area contributed by atoms with Gasteiger partial charge >= 0.3 is 0 Å². The number of benzene rings is 1. The van der Waals surface area contributed by atoms with Crippen LogP contribution in [0.1, 0.15) is 30.5 Å². The van der Waals surface area contributed by atoms with Crippen LogP contribution >= 0.6 is 0 Å². The third-order valence-electron chi connectivity index (χ3n) is 2.78. The average molecular weight is 219 g/mol. The summed E-state index contributed by atoms with van der Waals surface area (Å²) in [6, 6.07) is 6.35. The summed E-state index contributed by atoms with van der Waals surface area (Å²) in [5.41, 5.74) is 3.74. The smallest absolute Gasteiger partial charge is 0.225 e. The van der Waals surface area contributed by atoms with E-state index in [-0.39, 0.29) is 11.8 Å². The lowest BCUT2D eigenvalue weighted by Crippen LogP contribution is -2.30.